The number of benzene rings is 1. The summed E-state index contributed by atoms with van der Waals surface area (Å²) in [6.45, 7) is 4.69. The zero-order valence-corrected chi connectivity index (χ0v) is 14.9. The number of fused-ring (bicyclic) bond motifs is 1. The van der Waals surface area contributed by atoms with Crippen molar-refractivity contribution in [1.82, 2.24) is 9.80 Å². The third kappa shape index (κ3) is 4.02. The van der Waals surface area contributed by atoms with Crippen LogP contribution in [-0.4, -0.2) is 67.2 Å². The van der Waals surface area contributed by atoms with Crippen molar-refractivity contribution in [2.75, 3.05) is 33.4 Å². The van der Waals surface area contributed by atoms with E-state index in [1.54, 1.807) is 0 Å². The lowest BCUT2D eigenvalue weighted by atomic mass is 9.94. The predicted octanol–water partition coefficient (Wildman–Crippen LogP) is 1.22. The molecule has 136 valence electrons. The lowest BCUT2D eigenvalue weighted by molar-refractivity contribution is -0.150. The third-order valence-corrected chi connectivity index (χ3v) is 5.10. The van der Waals surface area contributed by atoms with E-state index in [1.165, 1.54) is 12.7 Å². The Balaban J connectivity index is 1.72. The quantitative estimate of drug-likeness (QED) is 0.768. The Kier molecular flexibility index (Phi) is 5.71. The van der Waals surface area contributed by atoms with Gasteiger partial charge in [0.05, 0.1) is 26.4 Å². The lowest BCUT2D eigenvalue weighted by Crippen LogP contribution is -2.53. The molecule has 0 spiro atoms. The maximum atomic E-state index is 12.8. The maximum Gasteiger partial charge on any atom is 0.323 e. The second-order valence-electron chi connectivity index (χ2n) is 6.66. The van der Waals surface area contributed by atoms with Crippen molar-refractivity contribution < 1.29 is 19.1 Å². The molecule has 3 rings (SSSR count). The van der Waals surface area contributed by atoms with Crippen molar-refractivity contribution in [3.63, 3.8) is 0 Å². The molecule has 2 heterocycles. The number of nitrogens with zero attached hydrogens (tertiary/aromatic N) is 2. The topological polar surface area (TPSA) is 59.1 Å². The fourth-order valence-corrected chi connectivity index (χ4v) is 3.58. The Morgan fingerprint density at radius 3 is 2.76 bits per heavy atom. The van der Waals surface area contributed by atoms with E-state index < -0.39 is 6.04 Å². The van der Waals surface area contributed by atoms with Crippen LogP contribution < -0.4 is 0 Å². The molecule has 0 N–H and O–H groups in total. The number of ether oxygens (including phenoxy) is 2. The molecule has 0 aromatic heterocycles. The van der Waals surface area contributed by atoms with E-state index in [-0.39, 0.29) is 24.5 Å². The average Bonchev–Trinajstić information content (AvgIpc) is 2.66. The van der Waals surface area contributed by atoms with Gasteiger partial charge in [0.25, 0.3) is 0 Å². The molecule has 6 heteroatoms. The first-order valence-electron chi connectivity index (χ1n) is 8.90. The Morgan fingerprint density at radius 1 is 1.28 bits per heavy atom. The van der Waals surface area contributed by atoms with Gasteiger partial charge in [0.1, 0.15) is 6.04 Å². The number of amides is 1. The summed E-state index contributed by atoms with van der Waals surface area (Å²) in [7, 11) is 1.40. The van der Waals surface area contributed by atoms with Gasteiger partial charge in [0.15, 0.2) is 0 Å². The van der Waals surface area contributed by atoms with Crippen LogP contribution in [0.3, 0.4) is 0 Å². The highest BCUT2D eigenvalue weighted by molar-refractivity contribution is 5.81. The maximum absolute atomic E-state index is 12.8. The van der Waals surface area contributed by atoms with Crippen molar-refractivity contribution in [2.24, 2.45) is 0 Å². The largest absolute Gasteiger partial charge is 0.468 e. The number of methoxy groups -OCH3 is 1. The van der Waals surface area contributed by atoms with E-state index >= 15 is 0 Å². The molecule has 1 saturated heterocycles. The first kappa shape index (κ1) is 17.9. The number of rotatable bonds is 4. The number of esters is 1. The van der Waals surface area contributed by atoms with Crippen LogP contribution in [0.5, 0.6) is 0 Å². The summed E-state index contributed by atoms with van der Waals surface area (Å²) in [6.07, 6.45) is 1.58. The van der Waals surface area contributed by atoms with Gasteiger partial charge in [-0.05, 0) is 24.0 Å². The van der Waals surface area contributed by atoms with Crippen LogP contribution in [0.25, 0.3) is 0 Å². The van der Waals surface area contributed by atoms with Crippen LogP contribution >= 0.6 is 0 Å². The van der Waals surface area contributed by atoms with Gasteiger partial charge in [-0.25, -0.2) is 0 Å². The van der Waals surface area contributed by atoms with Gasteiger partial charge in [-0.2, -0.15) is 0 Å². The van der Waals surface area contributed by atoms with Crippen molar-refractivity contribution in [3.8, 4) is 0 Å². The van der Waals surface area contributed by atoms with Crippen LogP contribution in [0.2, 0.25) is 0 Å². The van der Waals surface area contributed by atoms with E-state index in [2.05, 4.69) is 13.0 Å². The Hall–Kier alpha value is -1.92. The number of morpholine rings is 1. The van der Waals surface area contributed by atoms with Crippen LogP contribution in [0, 0.1) is 0 Å². The molecule has 6 nitrogen and oxygen atoms in total. The highest BCUT2D eigenvalue weighted by Crippen LogP contribution is 2.24. The van der Waals surface area contributed by atoms with Crippen molar-refractivity contribution in [1.29, 1.82) is 0 Å². The number of hydrogen-bond donors (Lipinski definition) is 0. The molecule has 25 heavy (non-hydrogen) atoms. The van der Waals surface area contributed by atoms with E-state index in [0.29, 0.717) is 32.7 Å². The fourth-order valence-electron chi connectivity index (χ4n) is 3.58. The molecule has 0 bridgehead atoms. The molecule has 1 fully saturated rings. The molecule has 1 amide bonds. The summed E-state index contributed by atoms with van der Waals surface area (Å²) in [5, 5.41) is 0. The van der Waals surface area contributed by atoms with E-state index in [9.17, 15) is 9.59 Å². The van der Waals surface area contributed by atoms with E-state index in [1.807, 2.05) is 28.0 Å². The van der Waals surface area contributed by atoms with Crippen molar-refractivity contribution in [3.05, 3.63) is 35.4 Å². The van der Waals surface area contributed by atoms with Gasteiger partial charge < -0.3 is 14.4 Å². The second-order valence-corrected chi connectivity index (χ2v) is 6.66. The van der Waals surface area contributed by atoms with E-state index in [0.717, 1.165) is 12.0 Å². The summed E-state index contributed by atoms with van der Waals surface area (Å²) in [5.41, 5.74) is 2.32. The summed E-state index contributed by atoms with van der Waals surface area (Å²) < 4.78 is 10.6. The van der Waals surface area contributed by atoms with Gasteiger partial charge in [0.2, 0.25) is 5.91 Å². The minimum atomic E-state index is -0.410. The third-order valence-electron chi connectivity index (χ3n) is 5.10. The first-order chi connectivity index (χ1) is 12.1. The average molecular weight is 346 g/mol. The summed E-state index contributed by atoms with van der Waals surface area (Å²) >= 11 is 0. The molecule has 0 aliphatic carbocycles. The zero-order chi connectivity index (χ0) is 17.8. The van der Waals surface area contributed by atoms with Crippen molar-refractivity contribution in [2.45, 2.75) is 38.5 Å². The highest BCUT2D eigenvalue weighted by atomic mass is 16.5. The fraction of sp³-hybridized carbons (Fsp3) is 0.579. The van der Waals surface area contributed by atoms with Crippen LogP contribution in [0.1, 0.15) is 24.5 Å². The Labute approximate surface area is 148 Å². The summed E-state index contributed by atoms with van der Waals surface area (Å²) in [5.74, 6) is -0.231. The zero-order valence-electron chi connectivity index (χ0n) is 14.9. The van der Waals surface area contributed by atoms with Gasteiger partial charge in [-0.3, -0.25) is 14.5 Å². The smallest absolute Gasteiger partial charge is 0.323 e. The van der Waals surface area contributed by atoms with E-state index in [4.69, 9.17) is 9.47 Å². The normalized spacial score (nSPS) is 23.8. The summed E-state index contributed by atoms with van der Waals surface area (Å²) in [4.78, 5) is 28.8. The molecule has 0 radical (unpaired) electrons. The lowest BCUT2D eigenvalue weighted by Gasteiger charge is -2.37. The minimum absolute atomic E-state index is 0.0510. The van der Waals surface area contributed by atoms with Crippen molar-refractivity contribution >= 4 is 11.9 Å². The van der Waals surface area contributed by atoms with Gasteiger partial charge in [0, 0.05) is 19.6 Å². The number of carbonyl (C=O) groups is 2. The summed E-state index contributed by atoms with van der Waals surface area (Å²) in [6, 6.07) is 7.66. The van der Waals surface area contributed by atoms with Gasteiger partial charge in [-0.1, -0.05) is 31.2 Å². The molecular weight excluding hydrogens is 320 g/mol. The van der Waals surface area contributed by atoms with Gasteiger partial charge in [-0.15, -0.1) is 0 Å². The van der Waals surface area contributed by atoms with Crippen LogP contribution in [0.4, 0.5) is 0 Å². The van der Waals surface area contributed by atoms with Crippen LogP contribution in [0.15, 0.2) is 24.3 Å². The molecule has 2 aliphatic rings. The Morgan fingerprint density at radius 2 is 2.04 bits per heavy atom. The Bertz CT molecular complexity index is 634. The SMILES string of the molecule is CC[C@@H]1CN(C(=O)CN2Cc3ccccc3C[C@H]2C(=O)OC)CCO1. The molecular formula is C19H26N2O4. The molecule has 2 atom stereocenters. The molecule has 2 aliphatic heterocycles. The predicted molar refractivity (Wildman–Crippen MR) is 93.0 cm³/mol. The molecule has 1 aromatic rings. The molecule has 0 unspecified atom stereocenters. The number of hydrogen-bond acceptors (Lipinski definition) is 5. The minimum Gasteiger partial charge on any atom is -0.468 e. The van der Waals surface area contributed by atoms with Gasteiger partial charge >= 0.3 is 5.97 Å². The number of carbonyl (C=O) groups excluding carboxylic acids is 2. The molecule has 0 saturated carbocycles. The first-order valence-corrected chi connectivity index (χ1v) is 8.90. The monoisotopic (exact) mass is 346 g/mol. The standard InChI is InChI=1S/C19H26N2O4/c1-3-16-12-20(8-9-25-16)18(22)13-21-11-15-7-5-4-6-14(15)10-17(21)19(23)24-2/h4-7,16-17H,3,8-13H2,1-2H3/t16-,17+/m1/s1. The molecule has 1 aromatic carbocycles. The van der Waals surface area contributed by atoms with Crippen LogP contribution in [-0.2, 0) is 32.0 Å². The second kappa shape index (κ2) is 7.97. The highest BCUT2D eigenvalue weighted by Gasteiger charge is 2.34.